The Morgan fingerprint density at radius 3 is 3.00 bits per heavy atom. The molecule has 3 aromatic rings. The molecule has 8 heteroatoms. The molecule has 1 fully saturated rings. The molecule has 0 aliphatic carbocycles. The van der Waals surface area contributed by atoms with Crippen LogP contribution in [0.3, 0.4) is 0 Å². The summed E-state index contributed by atoms with van der Waals surface area (Å²) in [4.78, 5) is 17.9. The van der Waals surface area contributed by atoms with Gasteiger partial charge < -0.3 is 10.2 Å². The minimum atomic E-state index is -2.09. The van der Waals surface area contributed by atoms with Crippen LogP contribution in [0.25, 0.3) is 22.0 Å². The molecule has 1 aromatic carbocycles. The number of H-pyrrole nitrogens is 1. The maximum Gasteiger partial charge on any atom is 0.265 e. The fraction of sp³-hybridized carbons (Fsp3) is 0.263. The van der Waals surface area contributed by atoms with Crippen molar-refractivity contribution >= 4 is 22.6 Å². The number of benzene rings is 1. The van der Waals surface area contributed by atoms with Gasteiger partial charge in [-0.25, -0.2) is 9.37 Å². The molecule has 4 rings (SSSR count). The van der Waals surface area contributed by atoms with Crippen LogP contribution in [0, 0.1) is 11.5 Å². The number of likely N-dealkylation sites (tertiary alicyclic amines) is 1. The van der Waals surface area contributed by atoms with Crippen LogP contribution < -0.4 is 5.32 Å². The van der Waals surface area contributed by atoms with E-state index in [1.165, 1.54) is 4.90 Å². The minimum absolute atomic E-state index is 0.0942. The quantitative estimate of drug-likeness (QED) is 0.697. The molecule has 27 heavy (non-hydrogen) atoms. The van der Waals surface area contributed by atoms with Crippen LogP contribution in [0.2, 0.25) is 0 Å². The number of aromatic amines is 1. The number of para-hydroxylation sites is 1. The first-order valence-electron chi connectivity index (χ1n) is 8.63. The zero-order valence-corrected chi connectivity index (χ0v) is 14.4. The van der Waals surface area contributed by atoms with Gasteiger partial charge in [-0.15, -0.1) is 0 Å². The van der Waals surface area contributed by atoms with Gasteiger partial charge >= 0.3 is 0 Å². The number of anilines is 1. The molecular weight excluding hydrogens is 347 g/mol. The lowest BCUT2D eigenvalue weighted by molar-refractivity contribution is -0.130. The summed E-state index contributed by atoms with van der Waals surface area (Å²) in [5.41, 5.74) is 0.605. The van der Waals surface area contributed by atoms with E-state index in [0.29, 0.717) is 13.0 Å². The Kier molecular flexibility index (Phi) is 4.20. The molecule has 0 saturated carbocycles. The van der Waals surface area contributed by atoms with Crippen molar-refractivity contribution in [3.05, 3.63) is 42.7 Å². The van der Waals surface area contributed by atoms with Crippen LogP contribution in [0.5, 0.6) is 0 Å². The Bertz CT molecular complexity index is 1020. The summed E-state index contributed by atoms with van der Waals surface area (Å²) in [6.07, 6.45) is 5.83. The Morgan fingerprint density at radius 2 is 2.22 bits per heavy atom. The molecule has 136 valence electrons. The summed E-state index contributed by atoms with van der Waals surface area (Å²) >= 11 is 0. The number of halogens is 1. The van der Waals surface area contributed by atoms with Gasteiger partial charge in [-0.2, -0.15) is 10.4 Å². The molecule has 0 bridgehead atoms. The molecular formula is C19H17FN6O. The Labute approximate surface area is 154 Å². The number of piperidine rings is 1. The highest BCUT2D eigenvalue weighted by molar-refractivity contribution is 5.97. The van der Waals surface area contributed by atoms with Gasteiger partial charge in [0.2, 0.25) is 5.67 Å². The molecule has 1 unspecified atom stereocenters. The zero-order chi connectivity index (χ0) is 18.9. The van der Waals surface area contributed by atoms with Crippen LogP contribution in [0.1, 0.15) is 12.8 Å². The average Bonchev–Trinajstić information content (AvgIpc) is 3.17. The minimum Gasteiger partial charge on any atom is -0.308 e. The van der Waals surface area contributed by atoms with Crippen molar-refractivity contribution in [2.45, 2.75) is 18.5 Å². The van der Waals surface area contributed by atoms with Crippen molar-refractivity contribution in [3.63, 3.8) is 0 Å². The third-order valence-electron chi connectivity index (χ3n) is 4.78. The monoisotopic (exact) mass is 364 g/mol. The number of aromatic nitrogens is 3. The first-order chi connectivity index (χ1) is 13.1. The lowest BCUT2D eigenvalue weighted by Crippen LogP contribution is -2.51. The number of amides is 1. The molecule has 1 amide bonds. The van der Waals surface area contributed by atoms with Gasteiger partial charge in [0.05, 0.1) is 18.3 Å². The van der Waals surface area contributed by atoms with Gasteiger partial charge in [0.1, 0.15) is 5.82 Å². The third kappa shape index (κ3) is 3.19. The van der Waals surface area contributed by atoms with Gasteiger partial charge in [0.25, 0.3) is 5.91 Å². The number of hydrogen-bond acceptors (Lipinski definition) is 5. The molecule has 1 aliphatic rings. The summed E-state index contributed by atoms with van der Waals surface area (Å²) in [7, 11) is 0. The Morgan fingerprint density at radius 1 is 1.33 bits per heavy atom. The maximum absolute atomic E-state index is 14.9. The number of pyridine rings is 1. The number of carbonyl (C=O) groups excluding carboxylic acids is 1. The molecule has 0 radical (unpaired) electrons. The van der Waals surface area contributed by atoms with Crippen molar-refractivity contribution < 1.29 is 9.18 Å². The van der Waals surface area contributed by atoms with E-state index in [2.05, 4.69) is 20.5 Å². The smallest absolute Gasteiger partial charge is 0.265 e. The number of alkyl halides is 1. The molecule has 1 saturated heterocycles. The van der Waals surface area contributed by atoms with E-state index in [9.17, 15) is 9.18 Å². The molecule has 1 aliphatic heterocycles. The SMILES string of the molecule is N#CN1CCCC(F)(C(=O)Nc2ccc(-c3cccc4cn[nH]c34)cn2)C1. The van der Waals surface area contributed by atoms with Crippen molar-refractivity contribution in [1.82, 2.24) is 20.1 Å². The first kappa shape index (κ1) is 17.0. The van der Waals surface area contributed by atoms with Crippen LogP contribution in [0.4, 0.5) is 10.2 Å². The maximum atomic E-state index is 14.9. The molecule has 1 atom stereocenters. The highest BCUT2D eigenvalue weighted by Gasteiger charge is 2.42. The second kappa shape index (κ2) is 6.68. The van der Waals surface area contributed by atoms with Crippen molar-refractivity contribution in [2.75, 3.05) is 18.4 Å². The second-order valence-corrected chi connectivity index (χ2v) is 6.62. The molecule has 0 spiro atoms. The van der Waals surface area contributed by atoms with E-state index in [1.54, 1.807) is 18.5 Å². The number of nitriles is 1. The summed E-state index contributed by atoms with van der Waals surface area (Å²) in [5, 5.41) is 19.5. The van der Waals surface area contributed by atoms with E-state index >= 15 is 0 Å². The number of hydrogen-bond donors (Lipinski definition) is 2. The fourth-order valence-electron chi connectivity index (χ4n) is 3.35. The topological polar surface area (TPSA) is 97.7 Å². The molecule has 2 N–H and O–H groups in total. The highest BCUT2D eigenvalue weighted by Crippen LogP contribution is 2.28. The summed E-state index contributed by atoms with van der Waals surface area (Å²) in [6, 6.07) is 9.28. The van der Waals surface area contributed by atoms with E-state index in [1.807, 2.05) is 30.5 Å². The predicted octanol–water partition coefficient (Wildman–Crippen LogP) is 2.85. The largest absolute Gasteiger partial charge is 0.308 e. The summed E-state index contributed by atoms with van der Waals surface area (Å²) < 4.78 is 14.9. The molecule has 2 aromatic heterocycles. The Hall–Kier alpha value is -3.47. The first-order valence-corrected chi connectivity index (χ1v) is 8.63. The number of rotatable bonds is 3. The van der Waals surface area contributed by atoms with Crippen LogP contribution in [-0.4, -0.2) is 44.7 Å². The number of carbonyl (C=O) groups is 1. The normalized spacial score (nSPS) is 19.6. The van der Waals surface area contributed by atoms with Crippen LogP contribution in [0.15, 0.2) is 42.7 Å². The van der Waals surface area contributed by atoms with Crippen molar-refractivity contribution in [2.24, 2.45) is 0 Å². The van der Waals surface area contributed by atoms with Crippen molar-refractivity contribution in [1.29, 1.82) is 5.26 Å². The fourth-order valence-corrected chi connectivity index (χ4v) is 3.35. The predicted molar refractivity (Wildman–Crippen MR) is 98.2 cm³/mol. The third-order valence-corrected chi connectivity index (χ3v) is 4.78. The standard InChI is InChI=1S/C19H17FN6O/c20-19(7-2-8-26(11-19)12-21)18(27)24-16-6-5-13(9-22-16)15-4-1-3-14-10-23-25-17(14)15/h1,3-6,9-10H,2,7-8,11H2,(H,23,25)(H,22,24,27). The summed E-state index contributed by atoms with van der Waals surface area (Å²) in [6.45, 7) is 0.247. The Balaban J connectivity index is 1.52. The van der Waals surface area contributed by atoms with Gasteiger partial charge in [-0.3, -0.25) is 9.89 Å². The number of fused-ring (bicyclic) bond motifs is 1. The van der Waals surface area contributed by atoms with Crippen LogP contribution in [-0.2, 0) is 4.79 Å². The van der Waals surface area contributed by atoms with Gasteiger partial charge in [0.15, 0.2) is 6.19 Å². The van der Waals surface area contributed by atoms with E-state index in [-0.39, 0.29) is 18.8 Å². The van der Waals surface area contributed by atoms with E-state index in [0.717, 1.165) is 22.0 Å². The highest BCUT2D eigenvalue weighted by atomic mass is 19.1. The van der Waals surface area contributed by atoms with Gasteiger partial charge in [-0.05, 0) is 25.0 Å². The lowest BCUT2D eigenvalue weighted by Gasteiger charge is -2.33. The van der Waals surface area contributed by atoms with E-state index in [4.69, 9.17) is 5.26 Å². The summed E-state index contributed by atoms with van der Waals surface area (Å²) in [5.74, 6) is -0.495. The molecule has 3 heterocycles. The lowest BCUT2D eigenvalue weighted by atomic mass is 9.94. The zero-order valence-electron chi connectivity index (χ0n) is 14.4. The van der Waals surface area contributed by atoms with Gasteiger partial charge in [0, 0.05) is 29.3 Å². The number of nitrogens with zero attached hydrogens (tertiary/aromatic N) is 4. The van der Waals surface area contributed by atoms with Gasteiger partial charge in [-0.1, -0.05) is 18.2 Å². The van der Waals surface area contributed by atoms with Crippen molar-refractivity contribution in [3.8, 4) is 17.3 Å². The molecule has 7 nitrogen and oxygen atoms in total. The van der Waals surface area contributed by atoms with E-state index < -0.39 is 11.6 Å². The second-order valence-electron chi connectivity index (χ2n) is 6.62. The number of nitrogens with one attached hydrogen (secondary N) is 2. The van der Waals surface area contributed by atoms with Crippen LogP contribution >= 0.6 is 0 Å². The average molecular weight is 364 g/mol.